The first-order valence-corrected chi connectivity index (χ1v) is 10.1. The maximum Gasteiger partial charge on any atom is 0.0319 e. The second-order valence-electron chi connectivity index (χ2n) is 5.85. The van der Waals surface area contributed by atoms with E-state index in [0.29, 0.717) is 6.04 Å². The summed E-state index contributed by atoms with van der Waals surface area (Å²) in [6, 6.07) is 0.610. The zero-order valence-electron chi connectivity index (χ0n) is 14.7. The molecule has 0 radical (unpaired) electrons. The molecule has 127 valence electrons. The topological polar surface area (TPSA) is 32.6 Å². The van der Waals surface area contributed by atoms with Crippen molar-refractivity contribution in [1.29, 1.82) is 0 Å². The van der Waals surface area contributed by atoms with Crippen LogP contribution in [0.2, 0.25) is 0 Å². The summed E-state index contributed by atoms with van der Waals surface area (Å²) in [7, 11) is 1.00. The molecule has 0 amide bonds. The van der Waals surface area contributed by atoms with E-state index in [2.05, 4.69) is 37.0 Å². The van der Waals surface area contributed by atoms with E-state index in [0.717, 1.165) is 13.0 Å². The van der Waals surface area contributed by atoms with Crippen molar-refractivity contribution in [2.24, 2.45) is 9.26 Å². The molecule has 1 atom stereocenters. The number of hydrogen-bond donors (Lipinski definition) is 1. The molecule has 0 aromatic carbocycles. The molecular formula is C18H37NOTa-2. The molecule has 0 aliphatic heterocycles. The van der Waals surface area contributed by atoms with Gasteiger partial charge in [-0.1, -0.05) is 39.0 Å². The Kier molecular flexibility index (Phi) is 23.2. The van der Waals surface area contributed by atoms with Crippen LogP contribution in [0.15, 0.2) is 3.34 Å². The zero-order valence-corrected chi connectivity index (χ0v) is 17.9. The van der Waals surface area contributed by atoms with E-state index < -0.39 is 0 Å². The summed E-state index contributed by atoms with van der Waals surface area (Å²) in [5.41, 5.74) is 0. The minimum absolute atomic E-state index is 0.610. The van der Waals surface area contributed by atoms with Crippen LogP contribution in [0.3, 0.4) is 0 Å². The Hall–Kier alpha value is 0.500. The van der Waals surface area contributed by atoms with Gasteiger partial charge in [0, 0.05) is 7.11 Å². The Bertz CT molecular complexity index is 178. The molecule has 1 unspecified atom stereocenters. The average molecular weight is 464 g/mol. The Morgan fingerprint density at radius 1 is 1.05 bits per heavy atom. The van der Waals surface area contributed by atoms with Gasteiger partial charge in [-0.15, -0.1) is 0 Å². The van der Waals surface area contributed by atoms with Crippen molar-refractivity contribution in [3.05, 3.63) is 12.8 Å². The Balaban J connectivity index is 0. The van der Waals surface area contributed by atoms with Crippen molar-refractivity contribution < 1.29 is 26.0 Å². The maximum absolute atomic E-state index is 7.00. The number of nitrogens with zero attached hydrogens (tertiary/aromatic N) is 1. The van der Waals surface area contributed by atoms with Crippen molar-refractivity contribution >= 4 is 0 Å². The minimum Gasteiger partial charge on any atom is -0.400 e. The molecule has 0 heterocycles. The van der Waals surface area contributed by atoms with Crippen molar-refractivity contribution in [3.8, 4) is 0 Å². The summed E-state index contributed by atoms with van der Waals surface area (Å²) in [5.74, 6) is 1.00. The largest absolute Gasteiger partial charge is 0.400 e. The van der Waals surface area contributed by atoms with Gasteiger partial charge in [-0.2, -0.15) is 25.7 Å². The van der Waals surface area contributed by atoms with E-state index in [-0.39, 0.29) is 0 Å². The third-order valence-corrected chi connectivity index (χ3v) is 5.25. The number of aliphatic hydroxyl groups excluding tert-OH is 1. The fourth-order valence-electron chi connectivity index (χ4n) is 2.07. The van der Waals surface area contributed by atoms with Gasteiger partial charge in [0.2, 0.25) is 0 Å². The number of hydrogen-bond acceptors (Lipinski definition) is 2. The average Bonchev–Trinajstić information content (AvgIpc) is 2.59. The van der Waals surface area contributed by atoms with Crippen molar-refractivity contribution in [3.63, 3.8) is 0 Å². The molecular weight excluding hydrogens is 427 g/mol. The smallest absolute Gasteiger partial charge is 0.0319 e. The normalized spacial score (nSPS) is 19.4. The SMILES string of the molecule is CC1CC[CH-]CC1.CCC(C)[N]=[Ta].CO.[CH-]1CCCCC1. The number of aliphatic hydroxyl groups is 1. The van der Waals surface area contributed by atoms with Crippen LogP contribution in [0.5, 0.6) is 0 Å². The van der Waals surface area contributed by atoms with Gasteiger partial charge in [0.25, 0.3) is 0 Å². The van der Waals surface area contributed by atoms with Crippen LogP contribution in [0, 0.1) is 18.8 Å². The van der Waals surface area contributed by atoms with Crippen LogP contribution in [0.25, 0.3) is 0 Å². The molecule has 0 saturated heterocycles. The summed E-state index contributed by atoms with van der Waals surface area (Å²) in [6.07, 6.45) is 18.7. The van der Waals surface area contributed by atoms with Crippen LogP contribution in [0.4, 0.5) is 0 Å². The van der Waals surface area contributed by atoms with Crippen LogP contribution in [-0.2, 0) is 20.9 Å². The maximum atomic E-state index is 7.00. The molecule has 0 aromatic rings. The summed E-state index contributed by atoms with van der Waals surface area (Å²) in [6.45, 7) is 6.63. The van der Waals surface area contributed by atoms with E-state index in [4.69, 9.17) is 5.11 Å². The molecule has 2 saturated carbocycles. The Labute approximate surface area is 146 Å². The van der Waals surface area contributed by atoms with Gasteiger partial charge in [0.1, 0.15) is 0 Å². The Morgan fingerprint density at radius 2 is 1.52 bits per heavy atom. The molecule has 2 nitrogen and oxygen atoms in total. The van der Waals surface area contributed by atoms with Gasteiger partial charge >= 0.3 is 50.5 Å². The van der Waals surface area contributed by atoms with E-state index in [1.54, 1.807) is 0 Å². The fraction of sp³-hybridized carbons (Fsp3) is 0.889. The second kappa shape index (κ2) is 20.5. The molecule has 21 heavy (non-hydrogen) atoms. The first-order chi connectivity index (χ1) is 10.2. The van der Waals surface area contributed by atoms with E-state index in [1.165, 1.54) is 85.1 Å². The fourth-order valence-corrected chi connectivity index (χ4v) is 2.66. The molecule has 2 aliphatic carbocycles. The predicted molar refractivity (Wildman–Crippen MR) is 89.6 cm³/mol. The summed E-state index contributed by atoms with van der Waals surface area (Å²) in [5, 5.41) is 7.00. The first-order valence-electron chi connectivity index (χ1n) is 8.62. The number of rotatable bonds is 2. The second-order valence-corrected chi connectivity index (χ2v) is 6.68. The van der Waals surface area contributed by atoms with Crippen LogP contribution in [0.1, 0.15) is 85.0 Å². The molecule has 1 N–H and O–H groups in total. The molecule has 2 aliphatic rings. The molecule has 0 spiro atoms. The van der Waals surface area contributed by atoms with Crippen LogP contribution in [-0.4, -0.2) is 18.3 Å². The molecule has 2 rings (SSSR count). The van der Waals surface area contributed by atoms with Gasteiger partial charge in [-0.05, 0) is 5.92 Å². The first kappa shape index (κ1) is 23.8. The molecule has 3 heteroatoms. The van der Waals surface area contributed by atoms with Gasteiger partial charge in [0.05, 0.1) is 0 Å². The van der Waals surface area contributed by atoms with E-state index >= 15 is 0 Å². The summed E-state index contributed by atoms with van der Waals surface area (Å²) >= 11 is 1.18. The Morgan fingerprint density at radius 3 is 1.67 bits per heavy atom. The predicted octanol–water partition coefficient (Wildman–Crippen LogP) is 5.68. The third kappa shape index (κ3) is 20.5. The van der Waals surface area contributed by atoms with Crippen molar-refractivity contribution in [2.75, 3.05) is 7.11 Å². The zero-order chi connectivity index (χ0) is 16.3. The van der Waals surface area contributed by atoms with Crippen molar-refractivity contribution in [1.82, 2.24) is 0 Å². The minimum atomic E-state index is 0.610. The van der Waals surface area contributed by atoms with Gasteiger partial charge in [-0.25, -0.2) is 0 Å². The summed E-state index contributed by atoms with van der Waals surface area (Å²) < 4.78 is 4.12. The third-order valence-electron chi connectivity index (χ3n) is 3.83. The van der Waals surface area contributed by atoms with E-state index in [9.17, 15) is 0 Å². The molecule has 0 bridgehead atoms. The quantitative estimate of drug-likeness (QED) is 0.524. The van der Waals surface area contributed by atoms with Gasteiger partial charge in [-0.3, -0.25) is 0 Å². The van der Waals surface area contributed by atoms with Crippen molar-refractivity contribution in [2.45, 2.75) is 91.0 Å². The molecule has 2 fully saturated rings. The van der Waals surface area contributed by atoms with E-state index in [1.807, 2.05) is 0 Å². The standard InChI is InChI=1S/C7H13.C6H11.C4H9N.CH4O.Ta/c1-7-5-3-2-4-6-7;1-2-4-6-5-3-1;1-3-4(2)5;1-2;/h2,7H,3-6H2,1H3;1H,2-6H2;4H,3H2,1-2H3;2H,1H3;/q2*-1;;;. The van der Waals surface area contributed by atoms with Crippen LogP contribution < -0.4 is 0 Å². The monoisotopic (exact) mass is 464 g/mol. The van der Waals surface area contributed by atoms with Gasteiger partial charge < -0.3 is 17.9 Å². The van der Waals surface area contributed by atoms with Gasteiger partial charge in [0.15, 0.2) is 0 Å². The molecule has 0 aromatic heterocycles. The van der Waals surface area contributed by atoms with Crippen LogP contribution >= 0.6 is 0 Å². The summed E-state index contributed by atoms with van der Waals surface area (Å²) in [4.78, 5) is 0.